The van der Waals surface area contributed by atoms with Crippen LogP contribution in [-0.4, -0.2) is 30.2 Å². The van der Waals surface area contributed by atoms with Crippen molar-refractivity contribution in [2.75, 3.05) is 5.32 Å². The summed E-state index contributed by atoms with van der Waals surface area (Å²) < 4.78 is 6.89. The molecule has 4 aromatic rings. The van der Waals surface area contributed by atoms with Gasteiger partial charge in [-0.1, -0.05) is 40.7 Å². The highest BCUT2D eigenvalue weighted by Gasteiger charge is 2.08. The Balaban J connectivity index is 1.40. The standard InChI is InChI=1S/C18H16N6O2/c25-12-15-11-24(23-21-15)16-8-6-14(7-9-16)19-10-17-20-18(22-26-17)13-4-2-1-3-5-13/h1-9,11,19,25H,10,12H2. The monoisotopic (exact) mass is 348 g/mol. The number of aliphatic hydroxyl groups is 1. The summed E-state index contributed by atoms with van der Waals surface area (Å²) in [6, 6.07) is 17.3. The minimum Gasteiger partial charge on any atom is -0.390 e. The van der Waals surface area contributed by atoms with E-state index in [0.29, 0.717) is 24.0 Å². The Bertz CT molecular complexity index is 978. The molecule has 26 heavy (non-hydrogen) atoms. The molecule has 2 heterocycles. The van der Waals surface area contributed by atoms with E-state index in [2.05, 4.69) is 25.8 Å². The van der Waals surface area contributed by atoms with Gasteiger partial charge in [0.05, 0.1) is 25.0 Å². The summed E-state index contributed by atoms with van der Waals surface area (Å²) in [5.41, 5.74) is 3.21. The van der Waals surface area contributed by atoms with Crippen LogP contribution in [0.25, 0.3) is 17.1 Å². The molecule has 0 fully saturated rings. The molecule has 130 valence electrons. The number of aromatic nitrogens is 5. The molecule has 2 N–H and O–H groups in total. The molecule has 0 atom stereocenters. The highest BCUT2D eigenvalue weighted by molar-refractivity contribution is 5.53. The Kier molecular flexibility index (Phi) is 4.40. The fraction of sp³-hybridized carbons (Fsp3) is 0.111. The molecule has 0 radical (unpaired) electrons. The highest BCUT2D eigenvalue weighted by Crippen LogP contribution is 2.17. The van der Waals surface area contributed by atoms with Crippen molar-refractivity contribution in [2.24, 2.45) is 0 Å². The molecule has 0 unspecified atom stereocenters. The molecule has 0 spiro atoms. The maximum Gasteiger partial charge on any atom is 0.246 e. The van der Waals surface area contributed by atoms with E-state index >= 15 is 0 Å². The zero-order valence-corrected chi connectivity index (χ0v) is 13.8. The topological polar surface area (TPSA) is 102 Å². The zero-order valence-electron chi connectivity index (χ0n) is 13.8. The van der Waals surface area contributed by atoms with Crippen molar-refractivity contribution in [2.45, 2.75) is 13.2 Å². The Morgan fingerprint density at radius 2 is 1.85 bits per heavy atom. The van der Waals surface area contributed by atoms with Gasteiger partial charge >= 0.3 is 0 Å². The lowest BCUT2D eigenvalue weighted by Gasteiger charge is -2.05. The van der Waals surface area contributed by atoms with Crippen LogP contribution in [0.3, 0.4) is 0 Å². The second-order valence-electron chi connectivity index (χ2n) is 5.59. The molecule has 0 aliphatic rings. The average molecular weight is 348 g/mol. The van der Waals surface area contributed by atoms with Crippen LogP contribution in [-0.2, 0) is 13.2 Å². The van der Waals surface area contributed by atoms with Crippen LogP contribution < -0.4 is 5.32 Å². The third-order valence-electron chi connectivity index (χ3n) is 3.78. The smallest absolute Gasteiger partial charge is 0.246 e. The molecule has 4 rings (SSSR count). The minimum atomic E-state index is -0.130. The van der Waals surface area contributed by atoms with Gasteiger partial charge in [0.15, 0.2) is 0 Å². The van der Waals surface area contributed by atoms with Crippen molar-refractivity contribution in [3.8, 4) is 17.1 Å². The van der Waals surface area contributed by atoms with Crippen LogP contribution in [0.1, 0.15) is 11.6 Å². The lowest BCUT2D eigenvalue weighted by Crippen LogP contribution is -2.00. The van der Waals surface area contributed by atoms with Crippen LogP contribution in [0.2, 0.25) is 0 Å². The van der Waals surface area contributed by atoms with Crippen molar-refractivity contribution in [3.63, 3.8) is 0 Å². The van der Waals surface area contributed by atoms with Gasteiger partial charge < -0.3 is 14.9 Å². The second kappa shape index (κ2) is 7.16. The van der Waals surface area contributed by atoms with Gasteiger partial charge in [-0.3, -0.25) is 0 Å². The Morgan fingerprint density at radius 3 is 2.58 bits per heavy atom. The van der Waals surface area contributed by atoms with Crippen molar-refractivity contribution in [1.82, 2.24) is 25.1 Å². The molecule has 0 aliphatic carbocycles. The summed E-state index contributed by atoms with van der Waals surface area (Å²) in [5.74, 6) is 1.08. The first-order chi connectivity index (χ1) is 12.8. The van der Waals surface area contributed by atoms with Gasteiger partial charge in [-0.15, -0.1) is 5.10 Å². The molecule has 0 amide bonds. The van der Waals surface area contributed by atoms with Crippen LogP contribution in [0, 0.1) is 0 Å². The fourth-order valence-corrected chi connectivity index (χ4v) is 2.44. The van der Waals surface area contributed by atoms with Crippen molar-refractivity contribution in [3.05, 3.63) is 72.4 Å². The van der Waals surface area contributed by atoms with Crippen LogP contribution >= 0.6 is 0 Å². The number of hydrogen-bond acceptors (Lipinski definition) is 7. The molecular weight excluding hydrogens is 332 g/mol. The van der Waals surface area contributed by atoms with Gasteiger partial charge in [0.25, 0.3) is 0 Å². The van der Waals surface area contributed by atoms with Gasteiger partial charge in [-0.25, -0.2) is 4.68 Å². The lowest BCUT2D eigenvalue weighted by atomic mass is 10.2. The number of hydrogen-bond donors (Lipinski definition) is 2. The van der Waals surface area contributed by atoms with Crippen molar-refractivity contribution < 1.29 is 9.63 Å². The fourth-order valence-electron chi connectivity index (χ4n) is 2.44. The molecule has 2 aromatic carbocycles. The van der Waals surface area contributed by atoms with Crippen LogP contribution in [0.15, 0.2) is 65.3 Å². The number of aliphatic hydroxyl groups excluding tert-OH is 1. The number of benzene rings is 2. The van der Waals surface area contributed by atoms with Crippen molar-refractivity contribution >= 4 is 5.69 Å². The third kappa shape index (κ3) is 3.45. The summed E-state index contributed by atoms with van der Waals surface area (Å²) in [4.78, 5) is 4.39. The average Bonchev–Trinajstić information content (AvgIpc) is 3.37. The van der Waals surface area contributed by atoms with E-state index in [1.54, 1.807) is 10.9 Å². The van der Waals surface area contributed by atoms with Crippen molar-refractivity contribution in [1.29, 1.82) is 0 Å². The largest absolute Gasteiger partial charge is 0.390 e. The predicted octanol–water partition coefficient (Wildman–Crippen LogP) is 2.42. The number of nitrogens with zero attached hydrogens (tertiary/aromatic N) is 5. The summed E-state index contributed by atoms with van der Waals surface area (Å²) in [7, 11) is 0. The van der Waals surface area contributed by atoms with E-state index in [1.165, 1.54) is 0 Å². The van der Waals surface area contributed by atoms with E-state index < -0.39 is 0 Å². The van der Waals surface area contributed by atoms with E-state index in [-0.39, 0.29) is 6.61 Å². The first kappa shape index (κ1) is 16.0. The maximum absolute atomic E-state index is 9.05. The zero-order chi connectivity index (χ0) is 17.8. The van der Waals surface area contributed by atoms with Gasteiger partial charge in [0.2, 0.25) is 11.7 Å². The van der Waals surface area contributed by atoms with Crippen LogP contribution in [0.5, 0.6) is 0 Å². The molecule has 0 bridgehead atoms. The van der Waals surface area contributed by atoms with E-state index in [9.17, 15) is 0 Å². The molecule has 8 nitrogen and oxygen atoms in total. The SMILES string of the molecule is OCc1cn(-c2ccc(NCc3nc(-c4ccccc4)no3)cc2)nn1. The minimum absolute atomic E-state index is 0.130. The quantitative estimate of drug-likeness (QED) is 0.552. The summed E-state index contributed by atoms with van der Waals surface area (Å²) in [5, 5.41) is 24.1. The van der Waals surface area contributed by atoms with E-state index in [0.717, 1.165) is 16.9 Å². The van der Waals surface area contributed by atoms with E-state index in [4.69, 9.17) is 9.63 Å². The van der Waals surface area contributed by atoms with Gasteiger partial charge in [-0.2, -0.15) is 4.98 Å². The molecular formula is C18H16N6O2. The Morgan fingerprint density at radius 1 is 1.04 bits per heavy atom. The maximum atomic E-state index is 9.05. The Hall–Kier alpha value is -3.52. The van der Waals surface area contributed by atoms with E-state index in [1.807, 2.05) is 54.6 Å². The highest BCUT2D eigenvalue weighted by atomic mass is 16.5. The van der Waals surface area contributed by atoms with Gasteiger partial charge in [-0.05, 0) is 24.3 Å². The third-order valence-corrected chi connectivity index (χ3v) is 3.78. The number of nitrogens with one attached hydrogen (secondary N) is 1. The summed E-state index contributed by atoms with van der Waals surface area (Å²) >= 11 is 0. The molecule has 0 aliphatic heterocycles. The number of anilines is 1. The first-order valence-corrected chi connectivity index (χ1v) is 8.06. The van der Waals surface area contributed by atoms with Gasteiger partial charge in [0, 0.05) is 11.3 Å². The van der Waals surface area contributed by atoms with Gasteiger partial charge in [0.1, 0.15) is 5.69 Å². The Labute approximate surface area is 149 Å². The first-order valence-electron chi connectivity index (χ1n) is 8.06. The molecule has 0 saturated carbocycles. The summed E-state index contributed by atoms with van der Waals surface area (Å²) in [6.07, 6.45) is 1.69. The second-order valence-corrected chi connectivity index (χ2v) is 5.59. The normalized spacial score (nSPS) is 10.8. The summed E-state index contributed by atoms with van der Waals surface area (Å²) in [6.45, 7) is 0.298. The molecule has 2 aromatic heterocycles. The lowest BCUT2D eigenvalue weighted by molar-refractivity contribution is 0.276. The molecule has 0 saturated heterocycles. The predicted molar refractivity (Wildman–Crippen MR) is 94.3 cm³/mol. The number of rotatable bonds is 6. The molecule has 8 heteroatoms. The van der Waals surface area contributed by atoms with Crippen LogP contribution in [0.4, 0.5) is 5.69 Å².